The summed E-state index contributed by atoms with van der Waals surface area (Å²) in [7, 11) is 0. The first-order chi connectivity index (χ1) is 12.5. The van der Waals surface area contributed by atoms with E-state index in [4.69, 9.17) is 4.74 Å². The van der Waals surface area contributed by atoms with E-state index in [1.54, 1.807) is 24.3 Å². The molecule has 2 atom stereocenters. The molecule has 4 rings (SSSR count). The molecular weight excluding hydrogens is 340 g/mol. The van der Waals surface area contributed by atoms with Gasteiger partial charge in [0.1, 0.15) is 5.75 Å². The summed E-state index contributed by atoms with van der Waals surface area (Å²) in [5.74, 6) is -1.06. The molecule has 26 heavy (non-hydrogen) atoms. The van der Waals surface area contributed by atoms with E-state index in [0.717, 1.165) is 5.56 Å². The number of rotatable bonds is 3. The van der Waals surface area contributed by atoms with E-state index in [1.165, 1.54) is 15.7 Å². The lowest BCUT2D eigenvalue weighted by Crippen LogP contribution is -2.50. The second-order valence-electron chi connectivity index (χ2n) is 6.41. The van der Waals surface area contributed by atoms with E-state index in [2.05, 4.69) is 0 Å². The van der Waals surface area contributed by atoms with Gasteiger partial charge in [-0.25, -0.2) is 0 Å². The molecule has 1 aromatic carbocycles. The van der Waals surface area contributed by atoms with Crippen LogP contribution in [-0.2, 0) is 17.7 Å². The molecule has 2 unspecified atom stereocenters. The predicted molar refractivity (Wildman–Crippen MR) is 89.3 cm³/mol. The van der Waals surface area contributed by atoms with Gasteiger partial charge in [-0.2, -0.15) is 0 Å². The Kier molecular flexibility index (Phi) is 3.77. The van der Waals surface area contributed by atoms with E-state index in [-0.39, 0.29) is 29.6 Å². The molecule has 3 heterocycles. The molecular formula is C18H16N2O6. The number of carbonyl (C=O) groups excluding carboxylic acids is 2. The van der Waals surface area contributed by atoms with Crippen LogP contribution in [0.1, 0.15) is 26.4 Å². The number of aromatic nitrogens is 1. The summed E-state index contributed by atoms with van der Waals surface area (Å²) in [4.78, 5) is 37.4. The maximum absolute atomic E-state index is 12.9. The third-order valence-electron chi connectivity index (χ3n) is 4.79. The Balaban J connectivity index is 1.68. The number of carbonyl (C=O) groups is 2. The lowest BCUT2D eigenvalue weighted by atomic mass is 10.0. The number of phenolic OH excluding ortho intramolecular Hbond substituents is 1. The van der Waals surface area contributed by atoms with Gasteiger partial charge < -0.3 is 24.4 Å². The highest BCUT2D eigenvalue weighted by Crippen LogP contribution is 2.31. The molecule has 2 N–H and O–H groups in total. The number of aromatic hydroxyl groups is 2. The van der Waals surface area contributed by atoms with Gasteiger partial charge in [-0.1, -0.05) is 12.1 Å². The fourth-order valence-corrected chi connectivity index (χ4v) is 3.53. The molecule has 0 spiro atoms. The lowest BCUT2D eigenvalue weighted by molar-refractivity contribution is 0.00579. The lowest BCUT2D eigenvalue weighted by Gasteiger charge is -2.34. The fourth-order valence-electron chi connectivity index (χ4n) is 3.53. The van der Waals surface area contributed by atoms with Gasteiger partial charge in [-0.3, -0.25) is 14.4 Å². The molecule has 2 aliphatic heterocycles. The zero-order chi connectivity index (χ0) is 18.4. The van der Waals surface area contributed by atoms with Gasteiger partial charge in [0.05, 0.1) is 24.8 Å². The molecule has 0 bridgehead atoms. The van der Waals surface area contributed by atoms with Crippen molar-refractivity contribution in [1.29, 1.82) is 0 Å². The standard InChI is InChI=1S/C18H16N2O6/c21-8-11-6-19-7-14-20(18(25)15(19)17(24)16(11)23)12(9-26-14)5-10-1-3-13(22)4-2-10/h1-4,6,8,12,14,22,24H,5,7,9H2. The van der Waals surface area contributed by atoms with E-state index >= 15 is 0 Å². The summed E-state index contributed by atoms with van der Waals surface area (Å²) in [6, 6.07) is 6.42. The normalized spacial score (nSPS) is 21.4. The van der Waals surface area contributed by atoms with Crippen molar-refractivity contribution in [3.8, 4) is 11.5 Å². The molecule has 0 aliphatic carbocycles. The van der Waals surface area contributed by atoms with E-state index in [9.17, 15) is 24.6 Å². The Hall–Kier alpha value is -3.13. The van der Waals surface area contributed by atoms with E-state index in [0.29, 0.717) is 19.3 Å². The predicted octanol–water partition coefficient (Wildman–Crippen LogP) is 0.495. The fraction of sp³-hybridized carbons (Fsp3) is 0.278. The van der Waals surface area contributed by atoms with Crippen molar-refractivity contribution < 1.29 is 24.5 Å². The Bertz CT molecular complexity index is 949. The van der Waals surface area contributed by atoms with Gasteiger partial charge >= 0.3 is 0 Å². The second-order valence-corrected chi connectivity index (χ2v) is 6.41. The van der Waals surface area contributed by atoms with Gasteiger partial charge in [-0.15, -0.1) is 0 Å². The first-order valence-electron chi connectivity index (χ1n) is 8.13. The zero-order valence-electron chi connectivity index (χ0n) is 13.7. The van der Waals surface area contributed by atoms with Crippen molar-refractivity contribution in [2.45, 2.75) is 25.2 Å². The minimum Gasteiger partial charge on any atom is -0.508 e. The minimum atomic E-state index is -0.853. The van der Waals surface area contributed by atoms with Crippen LogP contribution in [0, 0.1) is 0 Å². The van der Waals surface area contributed by atoms with Crippen LogP contribution in [0.3, 0.4) is 0 Å². The molecule has 8 nitrogen and oxygen atoms in total. The molecule has 134 valence electrons. The number of phenols is 1. The molecule has 0 saturated carbocycles. The van der Waals surface area contributed by atoms with Crippen LogP contribution in [0.2, 0.25) is 0 Å². The minimum absolute atomic E-state index is 0.127. The second kappa shape index (κ2) is 5.99. The Morgan fingerprint density at radius 2 is 1.92 bits per heavy atom. The summed E-state index contributed by atoms with van der Waals surface area (Å²) >= 11 is 0. The van der Waals surface area contributed by atoms with Crippen molar-refractivity contribution in [2.24, 2.45) is 0 Å². The molecule has 1 saturated heterocycles. The highest BCUT2D eigenvalue weighted by Gasteiger charge is 2.44. The molecule has 0 radical (unpaired) electrons. The number of fused-ring (bicyclic) bond motifs is 2. The first-order valence-corrected chi connectivity index (χ1v) is 8.13. The van der Waals surface area contributed by atoms with Crippen LogP contribution < -0.4 is 5.43 Å². The van der Waals surface area contributed by atoms with Crippen molar-refractivity contribution in [1.82, 2.24) is 9.47 Å². The number of benzene rings is 1. The number of amides is 1. The number of aldehydes is 1. The highest BCUT2D eigenvalue weighted by atomic mass is 16.5. The number of ether oxygens (including phenoxy) is 1. The molecule has 2 aliphatic rings. The van der Waals surface area contributed by atoms with Crippen molar-refractivity contribution in [3.63, 3.8) is 0 Å². The van der Waals surface area contributed by atoms with Gasteiger partial charge in [0, 0.05) is 6.20 Å². The largest absolute Gasteiger partial charge is 0.508 e. The average Bonchev–Trinajstić information content (AvgIpc) is 3.03. The van der Waals surface area contributed by atoms with Gasteiger partial charge in [-0.05, 0) is 24.1 Å². The van der Waals surface area contributed by atoms with Gasteiger partial charge in [0.25, 0.3) is 5.91 Å². The molecule has 2 aromatic rings. The number of nitrogens with zero attached hydrogens (tertiary/aromatic N) is 2. The number of pyridine rings is 1. The van der Waals surface area contributed by atoms with Crippen LogP contribution in [-0.4, -0.2) is 50.8 Å². The number of hydrogen-bond acceptors (Lipinski definition) is 6. The third kappa shape index (κ3) is 2.46. The van der Waals surface area contributed by atoms with Crippen molar-refractivity contribution in [3.05, 3.63) is 57.5 Å². The van der Waals surface area contributed by atoms with E-state index < -0.39 is 23.3 Å². The Morgan fingerprint density at radius 1 is 1.19 bits per heavy atom. The Morgan fingerprint density at radius 3 is 2.62 bits per heavy atom. The molecule has 8 heteroatoms. The summed E-state index contributed by atoms with van der Waals surface area (Å²) in [5.41, 5.74) is -0.259. The first kappa shape index (κ1) is 16.3. The molecule has 1 aromatic heterocycles. The van der Waals surface area contributed by atoms with Crippen LogP contribution in [0.15, 0.2) is 35.3 Å². The Labute approximate surface area is 147 Å². The maximum atomic E-state index is 12.9. The van der Waals surface area contributed by atoms with Crippen molar-refractivity contribution in [2.75, 3.05) is 6.61 Å². The topological polar surface area (TPSA) is 109 Å². The maximum Gasteiger partial charge on any atom is 0.276 e. The highest BCUT2D eigenvalue weighted by molar-refractivity contribution is 5.97. The van der Waals surface area contributed by atoms with Crippen LogP contribution >= 0.6 is 0 Å². The van der Waals surface area contributed by atoms with Crippen molar-refractivity contribution >= 4 is 12.2 Å². The van der Waals surface area contributed by atoms with E-state index in [1.807, 2.05) is 0 Å². The zero-order valence-corrected chi connectivity index (χ0v) is 13.7. The third-order valence-corrected chi connectivity index (χ3v) is 4.79. The average molecular weight is 356 g/mol. The van der Waals surface area contributed by atoms with Crippen LogP contribution in [0.4, 0.5) is 0 Å². The summed E-state index contributed by atoms with van der Waals surface area (Å²) in [6.07, 6.45) is 1.62. The smallest absolute Gasteiger partial charge is 0.276 e. The molecule has 1 fully saturated rings. The van der Waals surface area contributed by atoms with Gasteiger partial charge in [0.15, 0.2) is 24.0 Å². The van der Waals surface area contributed by atoms with Crippen LogP contribution in [0.25, 0.3) is 0 Å². The monoisotopic (exact) mass is 356 g/mol. The SMILES string of the molecule is O=Cc1cn2c(c(O)c1=O)C(=O)N1C(Cc3ccc(O)cc3)COC1C2. The summed E-state index contributed by atoms with van der Waals surface area (Å²) in [5, 5.41) is 19.5. The van der Waals surface area contributed by atoms with Crippen LogP contribution in [0.5, 0.6) is 11.5 Å². The molecule has 1 amide bonds. The number of hydrogen-bond donors (Lipinski definition) is 2. The summed E-state index contributed by atoms with van der Waals surface area (Å²) < 4.78 is 7.12. The quantitative estimate of drug-likeness (QED) is 0.775. The van der Waals surface area contributed by atoms with Gasteiger partial charge in [0.2, 0.25) is 5.43 Å². The summed E-state index contributed by atoms with van der Waals surface area (Å²) in [6.45, 7) is 0.541.